The predicted octanol–water partition coefficient (Wildman–Crippen LogP) is -2.66. The molecule has 0 unspecified atom stereocenters. The molecule has 0 aromatic rings. The first kappa shape index (κ1) is 80.2. The van der Waals surface area contributed by atoms with Crippen LogP contribution in [-0.2, 0) is 38.2 Å². The fraction of sp³-hybridized carbons (Fsp3) is 0.839. The summed E-state index contributed by atoms with van der Waals surface area (Å²) in [5, 5.41) is 77.5. The van der Waals surface area contributed by atoms with E-state index >= 15 is 0 Å². The number of rotatable bonds is 19. The molecule has 0 aromatic carbocycles. The van der Waals surface area contributed by atoms with E-state index in [1.165, 1.54) is 0 Å². The molecule has 0 aromatic heterocycles. The number of hydrogen-bond acceptors (Lipinski definition) is 20. The Kier molecular flexibility index (Phi) is 113. The molecule has 0 saturated heterocycles. The second-order valence-electron chi connectivity index (χ2n) is 8.75. The molecule has 0 fully saturated rings. The molecule has 28 heteroatoms. The molecule has 20 N–H and O–H groups in total. The number of ether oxygens (including phenoxy) is 3. The smallest absolute Gasteiger partial charge is 0.481 e. The Hall–Kier alpha value is -2.80. The molecule has 0 spiro atoms. The second-order valence-corrected chi connectivity index (χ2v) is 9.56. The molecular formula is C31H72Cl2F3N5O18. The number of aliphatic carboxylic acids is 3. The van der Waals surface area contributed by atoms with Crippen molar-refractivity contribution in [1.29, 1.82) is 0 Å². The first-order valence-electron chi connectivity index (χ1n) is 17.2. The number of nitrogens with two attached hydrogens (primary N) is 5. The van der Waals surface area contributed by atoms with Crippen molar-refractivity contribution < 1.29 is 102 Å². The highest BCUT2D eigenvalue weighted by atomic mass is 35.5. The summed E-state index contributed by atoms with van der Waals surface area (Å²) in [6.07, 6.45) is -3.91. The molecule has 364 valence electrons. The van der Waals surface area contributed by atoms with Gasteiger partial charge >= 0.3 is 36.0 Å². The summed E-state index contributed by atoms with van der Waals surface area (Å²) in [7, 11) is 0. The van der Waals surface area contributed by atoms with Gasteiger partial charge in [-0.3, -0.25) is 19.2 Å². The lowest BCUT2D eigenvalue weighted by Gasteiger charge is -1.99. The number of esters is 2. The molecule has 0 aliphatic heterocycles. The van der Waals surface area contributed by atoms with E-state index in [4.69, 9.17) is 112 Å². The second kappa shape index (κ2) is 83.0. The standard InChI is InChI=1S/C7H12O4.C6H11NO4.C4H12N2O.C3H8O.C2HF3O2.2C2H7NO.2C2H6O2.CH2Cl2/c1-2-5-11-7(10)4-3-6(8)9;7-3-4-11-6(10)2-1-5(8)9;5-1-3-7-4-2-6;1-2-3-4;3-2(4,5)1(6)7;4*3-1-2-4;2-1-3/h2-5H2,1H3,(H,8,9);1-4,7H2,(H,8,9);1-6H2;4H,2-3H2,1H3;(H,6,7);2*4H,1-3H2;2*3-4H,1-2H2;1H2. The van der Waals surface area contributed by atoms with Gasteiger partial charge in [0.2, 0.25) is 0 Å². The number of carboxylic acid groups (broad SMARTS) is 3. The van der Waals surface area contributed by atoms with Gasteiger partial charge in [-0.25, -0.2) is 4.79 Å². The van der Waals surface area contributed by atoms with Crippen LogP contribution in [0.4, 0.5) is 13.2 Å². The Balaban J connectivity index is -0.0000000585. The number of aliphatic hydroxyl groups excluding tert-OH is 7. The lowest BCUT2D eigenvalue weighted by Crippen LogP contribution is -2.21. The van der Waals surface area contributed by atoms with Gasteiger partial charge in [0.25, 0.3) is 0 Å². The van der Waals surface area contributed by atoms with Crippen LogP contribution >= 0.6 is 23.2 Å². The first-order valence-corrected chi connectivity index (χ1v) is 18.3. The Bertz CT molecular complexity index is 738. The van der Waals surface area contributed by atoms with Gasteiger partial charge < -0.3 is 93.9 Å². The molecule has 0 bridgehead atoms. The minimum absolute atomic E-state index is 0.0324. The quantitative estimate of drug-likeness (QED) is 0.0357. The monoisotopic (exact) mass is 929 g/mol. The Morgan fingerprint density at radius 1 is 0.492 bits per heavy atom. The third-order valence-corrected chi connectivity index (χ3v) is 3.38. The summed E-state index contributed by atoms with van der Waals surface area (Å²) in [4.78, 5) is 50.0. The Morgan fingerprint density at radius 3 is 0.898 bits per heavy atom. The normalized spacial score (nSPS) is 8.73. The third kappa shape index (κ3) is 171. The number of alkyl halides is 5. The van der Waals surface area contributed by atoms with Crippen LogP contribution in [0.1, 0.15) is 52.4 Å². The highest BCUT2D eigenvalue weighted by Crippen LogP contribution is 2.13. The molecule has 0 radical (unpaired) electrons. The molecule has 0 amide bonds. The zero-order valence-electron chi connectivity index (χ0n) is 33.8. The van der Waals surface area contributed by atoms with Crippen molar-refractivity contribution in [2.24, 2.45) is 28.7 Å². The van der Waals surface area contributed by atoms with Crippen molar-refractivity contribution in [2.45, 2.75) is 58.5 Å². The van der Waals surface area contributed by atoms with Crippen LogP contribution in [0.2, 0.25) is 0 Å². The Morgan fingerprint density at radius 2 is 0.746 bits per heavy atom. The van der Waals surface area contributed by atoms with Crippen LogP contribution in [0, 0.1) is 0 Å². The van der Waals surface area contributed by atoms with Gasteiger partial charge in [-0.2, -0.15) is 13.2 Å². The van der Waals surface area contributed by atoms with Crippen LogP contribution < -0.4 is 28.7 Å². The SMILES string of the molecule is CCCO.CCCOC(=O)CCC(=O)O.ClCCl.NCCO.NCCO.NCCOC(=O)CCC(=O)O.NCCOCCN.O=C(O)C(F)(F)F.OCCO.OCCO. The molecular weight excluding hydrogens is 858 g/mol. The average molecular weight is 931 g/mol. The van der Waals surface area contributed by atoms with Gasteiger partial charge in [0.15, 0.2) is 0 Å². The zero-order chi connectivity index (χ0) is 48.8. The lowest BCUT2D eigenvalue weighted by molar-refractivity contribution is -0.192. The van der Waals surface area contributed by atoms with Gasteiger partial charge in [-0.05, 0) is 12.8 Å². The van der Waals surface area contributed by atoms with Gasteiger partial charge in [0.1, 0.15) is 6.61 Å². The summed E-state index contributed by atoms with van der Waals surface area (Å²) in [5.74, 6) is -5.69. The molecule has 23 nitrogen and oxygen atoms in total. The van der Waals surface area contributed by atoms with Crippen molar-refractivity contribution in [1.82, 2.24) is 0 Å². The lowest BCUT2D eigenvalue weighted by atomic mass is 10.3. The van der Waals surface area contributed by atoms with E-state index in [0.717, 1.165) is 12.8 Å². The molecule has 0 rings (SSSR count). The Labute approximate surface area is 353 Å². The number of hydrogen-bond donors (Lipinski definition) is 15. The summed E-state index contributed by atoms with van der Waals surface area (Å²) >= 11 is 9.53. The van der Waals surface area contributed by atoms with Crippen molar-refractivity contribution in [2.75, 3.05) is 111 Å². The van der Waals surface area contributed by atoms with Gasteiger partial charge in [0, 0.05) is 39.3 Å². The fourth-order valence-electron chi connectivity index (χ4n) is 1.22. The van der Waals surface area contributed by atoms with E-state index in [0.29, 0.717) is 52.6 Å². The summed E-state index contributed by atoms with van der Waals surface area (Å²) in [6.45, 7) is 7.77. The van der Waals surface area contributed by atoms with Crippen LogP contribution in [-0.4, -0.2) is 198 Å². The summed E-state index contributed by atoms with van der Waals surface area (Å²) in [5.41, 5.74) is 24.8. The molecule has 0 atom stereocenters. The number of aliphatic hydroxyl groups is 7. The van der Waals surface area contributed by atoms with Crippen LogP contribution in [0.15, 0.2) is 0 Å². The topological polar surface area (TPSA) is 445 Å². The van der Waals surface area contributed by atoms with Crippen molar-refractivity contribution in [3.63, 3.8) is 0 Å². The highest BCUT2D eigenvalue weighted by Gasteiger charge is 2.38. The maximum absolute atomic E-state index is 10.6. The van der Waals surface area contributed by atoms with E-state index < -0.39 is 36.0 Å². The van der Waals surface area contributed by atoms with Gasteiger partial charge in [-0.15, -0.1) is 23.2 Å². The number of carbonyl (C=O) groups is 5. The van der Waals surface area contributed by atoms with E-state index in [2.05, 4.69) is 9.47 Å². The largest absolute Gasteiger partial charge is 0.490 e. The van der Waals surface area contributed by atoms with Crippen molar-refractivity contribution >= 4 is 53.0 Å². The van der Waals surface area contributed by atoms with Gasteiger partial charge in [0.05, 0.1) is 90.5 Å². The van der Waals surface area contributed by atoms with Crippen molar-refractivity contribution in [3.8, 4) is 0 Å². The van der Waals surface area contributed by atoms with Crippen LogP contribution in [0.5, 0.6) is 0 Å². The van der Waals surface area contributed by atoms with Crippen molar-refractivity contribution in [3.05, 3.63) is 0 Å². The number of halogens is 5. The minimum atomic E-state index is -5.08. The maximum Gasteiger partial charge on any atom is 0.490 e. The summed E-state index contributed by atoms with van der Waals surface area (Å²) in [6, 6.07) is 0. The maximum atomic E-state index is 10.6. The van der Waals surface area contributed by atoms with E-state index in [1.807, 2.05) is 13.8 Å². The average Bonchev–Trinajstić information content (AvgIpc) is 3.21. The first-order chi connectivity index (χ1) is 27.7. The van der Waals surface area contributed by atoms with Gasteiger partial charge in [-0.1, -0.05) is 13.8 Å². The number of carbonyl (C=O) groups excluding carboxylic acids is 2. The molecule has 0 saturated carbocycles. The zero-order valence-corrected chi connectivity index (χ0v) is 35.3. The third-order valence-electron chi connectivity index (χ3n) is 3.38. The molecule has 0 heterocycles. The van der Waals surface area contributed by atoms with E-state index in [-0.39, 0.29) is 83.8 Å². The minimum Gasteiger partial charge on any atom is -0.481 e. The predicted molar refractivity (Wildman–Crippen MR) is 212 cm³/mol. The highest BCUT2D eigenvalue weighted by molar-refractivity contribution is 6.40. The van der Waals surface area contributed by atoms with Crippen LogP contribution in [0.25, 0.3) is 0 Å². The fourth-order valence-corrected chi connectivity index (χ4v) is 1.22. The molecule has 0 aliphatic rings. The number of carboxylic acids is 3. The molecule has 0 aliphatic carbocycles. The summed E-state index contributed by atoms with van der Waals surface area (Å²) < 4.78 is 45.8. The van der Waals surface area contributed by atoms with E-state index in [1.54, 1.807) is 0 Å². The van der Waals surface area contributed by atoms with E-state index in [9.17, 15) is 32.3 Å². The van der Waals surface area contributed by atoms with Crippen LogP contribution in [0.3, 0.4) is 0 Å². The molecule has 59 heavy (non-hydrogen) atoms.